The number of para-hydroxylation sites is 2. The van der Waals surface area contributed by atoms with Crippen molar-refractivity contribution in [2.45, 2.75) is 0 Å². The number of carbonyl (C=O) groups excluding carboxylic acids is 2. The summed E-state index contributed by atoms with van der Waals surface area (Å²) in [5, 5.41) is 19.1. The molecule has 3 N–H and O–H groups in total. The predicted molar refractivity (Wildman–Crippen MR) is 116 cm³/mol. The lowest BCUT2D eigenvalue weighted by Crippen LogP contribution is -2.19. The first-order valence-electron chi connectivity index (χ1n) is 8.97. The molecule has 3 amide bonds. The van der Waals surface area contributed by atoms with Gasteiger partial charge in [0.1, 0.15) is 0 Å². The minimum Gasteiger partial charge on any atom is -0.323 e. The average molecular weight is 402 g/mol. The van der Waals surface area contributed by atoms with E-state index in [1.54, 1.807) is 54.6 Å². The van der Waals surface area contributed by atoms with Gasteiger partial charge in [0.15, 0.2) is 0 Å². The fourth-order valence-corrected chi connectivity index (χ4v) is 2.60. The Bertz CT molecular complexity index is 1080. The van der Waals surface area contributed by atoms with Crippen molar-refractivity contribution in [3.05, 3.63) is 101 Å². The van der Waals surface area contributed by atoms with Crippen molar-refractivity contribution in [2.75, 3.05) is 16.0 Å². The molecule has 0 aromatic heterocycles. The number of nitro benzene ring substituents is 1. The van der Waals surface area contributed by atoms with E-state index in [2.05, 4.69) is 16.0 Å². The summed E-state index contributed by atoms with van der Waals surface area (Å²) in [6, 6.07) is 21.4. The Morgan fingerprint density at radius 2 is 1.27 bits per heavy atom. The van der Waals surface area contributed by atoms with Crippen molar-refractivity contribution in [1.29, 1.82) is 0 Å². The molecule has 0 bridgehead atoms. The summed E-state index contributed by atoms with van der Waals surface area (Å²) in [7, 11) is 0. The van der Waals surface area contributed by atoms with E-state index in [0.29, 0.717) is 22.6 Å². The van der Waals surface area contributed by atoms with Gasteiger partial charge in [-0.1, -0.05) is 30.3 Å². The van der Waals surface area contributed by atoms with Crippen LogP contribution >= 0.6 is 0 Å². The Morgan fingerprint density at radius 3 is 1.90 bits per heavy atom. The molecule has 30 heavy (non-hydrogen) atoms. The van der Waals surface area contributed by atoms with E-state index in [1.165, 1.54) is 18.2 Å². The first-order chi connectivity index (χ1) is 14.5. The number of carbonyl (C=O) groups is 2. The molecule has 150 valence electrons. The molecule has 0 aliphatic rings. The molecule has 0 atom stereocenters. The quantitative estimate of drug-likeness (QED) is 0.309. The topological polar surface area (TPSA) is 113 Å². The van der Waals surface area contributed by atoms with Gasteiger partial charge in [0.05, 0.1) is 10.5 Å². The van der Waals surface area contributed by atoms with Crippen molar-refractivity contribution in [3.63, 3.8) is 0 Å². The number of urea groups is 1. The number of benzene rings is 3. The number of rotatable bonds is 6. The van der Waals surface area contributed by atoms with Crippen molar-refractivity contribution in [3.8, 4) is 0 Å². The molecule has 3 rings (SSSR count). The van der Waals surface area contributed by atoms with Gasteiger partial charge in [0, 0.05) is 29.2 Å². The SMILES string of the molecule is O=C(/C=C/c1ccccc1[N+](=O)[O-])Nc1ccc(NC(=O)Nc2ccccc2)cc1. The molecule has 0 saturated carbocycles. The lowest BCUT2D eigenvalue weighted by atomic mass is 10.1. The Kier molecular flexibility index (Phi) is 6.52. The molecule has 8 heteroatoms. The molecule has 3 aromatic carbocycles. The summed E-state index contributed by atoms with van der Waals surface area (Å²) in [5.74, 6) is -0.435. The van der Waals surface area contributed by atoms with Crippen molar-refractivity contribution < 1.29 is 14.5 Å². The number of anilines is 3. The van der Waals surface area contributed by atoms with Crippen molar-refractivity contribution >= 4 is 40.8 Å². The van der Waals surface area contributed by atoms with Gasteiger partial charge >= 0.3 is 6.03 Å². The van der Waals surface area contributed by atoms with Gasteiger partial charge in [-0.2, -0.15) is 0 Å². The first-order valence-corrected chi connectivity index (χ1v) is 8.97. The standard InChI is InChI=1S/C22H18N4O4/c27-21(15-10-16-6-4-5-9-20(16)26(29)30)23-18-11-13-19(14-12-18)25-22(28)24-17-7-2-1-3-8-17/h1-15H,(H,23,27)(H2,24,25,28)/b15-10+. The van der Waals surface area contributed by atoms with E-state index in [1.807, 2.05) is 18.2 Å². The average Bonchev–Trinajstić information content (AvgIpc) is 2.74. The summed E-state index contributed by atoms with van der Waals surface area (Å²) in [6.45, 7) is 0. The summed E-state index contributed by atoms with van der Waals surface area (Å²) < 4.78 is 0. The minimum absolute atomic E-state index is 0.0780. The van der Waals surface area contributed by atoms with Gasteiger partial charge in [-0.3, -0.25) is 14.9 Å². The normalized spacial score (nSPS) is 10.4. The largest absolute Gasteiger partial charge is 0.323 e. The second kappa shape index (κ2) is 9.65. The molecule has 0 radical (unpaired) electrons. The lowest BCUT2D eigenvalue weighted by molar-refractivity contribution is -0.385. The maximum atomic E-state index is 12.1. The van der Waals surface area contributed by atoms with Crippen LogP contribution in [0.25, 0.3) is 6.08 Å². The highest BCUT2D eigenvalue weighted by Crippen LogP contribution is 2.19. The third-order valence-corrected chi connectivity index (χ3v) is 3.99. The monoisotopic (exact) mass is 402 g/mol. The van der Waals surface area contributed by atoms with Crippen LogP contribution in [-0.4, -0.2) is 16.9 Å². The van der Waals surface area contributed by atoms with Crippen LogP contribution in [0.15, 0.2) is 84.9 Å². The number of nitrogens with one attached hydrogen (secondary N) is 3. The summed E-state index contributed by atoms with van der Waals surface area (Å²) in [4.78, 5) is 34.6. The fourth-order valence-electron chi connectivity index (χ4n) is 2.60. The highest BCUT2D eigenvalue weighted by molar-refractivity contribution is 6.03. The van der Waals surface area contributed by atoms with Crippen LogP contribution in [0.4, 0.5) is 27.5 Å². The molecular weight excluding hydrogens is 384 g/mol. The molecule has 0 spiro atoms. The molecule has 0 heterocycles. The van der Waals surface area contributed by atoms with E-state index < -0.39 is 10.8 Å². The molecular formula is C22H18N4O4. The van der Waals surface area contributed by atoms with Crippen LogP contribution in [0, 0.1) is 10.1 Å². The molecule has 0 aliphatic carbocycles. The van der Waals surface area contributed by atoms with Gasteiger partial charge in [0.2, 0.25) is 5.91 Å². The number of nitro groups is 1. The van der Waals surface area contributed by atoms with E-state index in [4.69, 9.17) is 0 Å². The van der Waals surface area contributed by atoms with E-state index in [0.717, 1.165) is 0 Å². The Morgan fingerprint density at radius 1 is 0.733 bits per heavy atom. The second-order valence-corrected chi connectivity index (χ2v) is 6.16. The highest BCUT2D eigenvalue weighted by Gasteiger charge is 2.10. The maximum Gasteiger partial charge on any atom is 0.323 e. The van der Waals surface area contributed by atoms with Gasteiger partial charge in [0.25, 0.3) is 5.69 Å². The molecule has 0 saturated heterocycles. The number of amides is 3. The molecule has 8 nitrogen and oxygen atoms in total. The summed E-state index contributed by atoms with van der Waals surface area (Å²) in [5.41, 5.74) is 2.00. The zero-order valence-electron chi connectivity index (χ0n) is 15.7. The van der Waals surface area contributed by atoms with Crippen molar-refractivity contribution in [1.82, 2.24) is 0 Å². The van der Waals surface area contributed by atoms with Gasteiger partial charge in [-0.05, 0) is 48.5 Å². The van der Waals surface area contributed by atoms with Crippen molar-refractivity contribution in [2.24, 2.45) is 0 Å². The zero-order chi connectivity index (χ0) is 21.3. The van der Waals surface area contributed by atoms with Crippen LogP contribution in [-0.2, 0) is 4.79 Å². The maximum absolute atomic E-state index is 12.1. The fraction of sp³-hybridized carbons (Fsp3) is 0. The zero-order valence-corrected chi connectivity index (χ0v) is 15.7. The minimum atomic E-state index is -0.503. The Balaban J connectivity index is 1.56. The smallest absolute Gasteiger partial charge is 0.323 e. The molecule has 0 unspecified atom stereocenters. The third kappa shape index (κ3) is 5.77. The number of nitrogens with zero attached hydrogens (tertiary/aromatic N) is 1. The third-order valence-electron chi connectivity index (χ3n) is 3.99. The van der Waals surface area contributed by atoms with Crippen LogP contribution in [0.3, 0.4) is 0 Å². The summed E-state index contributed by atoms with van der Waals surface area (Å²) in [6.07, 6.45) is 2.61. The van der Waals surface area contributed by atoms with Gasteiger partial charge in [-0.15, -0.1) is 0 Å². The Hall–Kier alpha value is -4.46. The molecule has 0 aliphatic heterocycles. The van der Waals surface area contributed by atoms with Crippen LogP contribution < -0.4 is 16.0 Å². The highest BCUT2D eigenvalue weighted by atomic mass is 16.6. The predicted octanol–water partition coefficient (Wildman–Crippen LogP) is 4.89. The van der Waals surface area contributed by atoms with Crippen LogP contribution in [0.1, 0.15) is 5.56 Å². The van der Waals surface area contributed by atoms with E-state index in [-0.39, 0.29) is 11.7 Å². The number of hydrogen-bond donors (Lipinski definition) is 3. The Labute approximate surface area is 172 Å². The van der Waals surface area contributed by atoms with E-state index in [9.17, 15) is 19.7 Å². The molecule has 3 aromatic rings. The first kappa shape index (κ1) is 20.3. The second-order valence-electron chi connectivity index (χ2n) is 6.16. The van der Waals surface area contributed by atoms with E-state index >= 15 is 0 Å². The van der Waals surface area contributed by atoms with Gasteiger partial charge < -0.3 is 16.0 Å². The molecule has 0 fully saturated rings. The lowest BCUT2D eigenvalue weighted by Gasteiger charge is -2.08. The van der Waals surface area contributed by atoms with Crippen LogP contribution in [0.2, 0.25) is 0 Å². The number of hydrogen-bond acceptors (Lipinski definition) is 4. The summed E-state index contributed by atoms with van der Waals surface area (Å²) >= 11 is 0. The van der Waals surface area contributed by atoms with Crippen LogP contribution in [0.5, 0.6) is 0 Å². The van der Waals surface area contributed by atoms with Gasteiger partial charge in [-0.25, -0.2) is 4.79 Å².